The van der Waals surface area contributed by atoms with Gasteiger partial charge in [-0.3, -0.25) is 4.98 Å². The molecule has 4 aromatic carbocycles. The topological polar surface area (TPSA) is 56.7 Å². The van der Waals surface area contributed by atoms with Crippen LogP contribution in [0.3, 0.4) is 0 Å². The first-order valence-electron chi connectivity index (χ1n) is 15.0. The predicted molar refractivity (Wildman–Crippen MR) is 182 cm³/mol. The van der Waals surface area contributed by atoms with Gasteiger partial charge in [0, 0.05) is 48.5 Å². The van der Waals surface area contributed by atoms with Crippen molar-refractivity contribution in [3.8, 4) is 28.3 Å². The Labute approximate surface area is 282 Å². The minimum absolute atomic E-state index is 0. The summed E-state index contributed by atoms with van der Waals surface area (Å²) >= 11 is 0. The van der Waals surface area contributed by atoms with Gasteiger partial charge >= 0.3 is 0 Å². The third-order valence-corrected chi connectivity index (χ3v) is 7.83. The molecule has 0 amide bonds. The minimum Gasteiger partial charge on any atom is -0.501 e. The van der Waals surface area contributed by atoms with Crippen LogP contribution in [0.25, 0.3) is 61.4 Å². The van der Waals surface area contributed by atoms with Crippen molar-refractivity contribution in [2.75, 3.05) is 0 Å². The molecule has 0 N–H and O–H groups in total. The fourth-order valence-corrected chi connectivity index (χ4v) is 5.56. The number of nitrogens with zero attached hydrogens (tertiary/aromatic N) is 4. The molecule has 0 unspecified atom stereocenters. The quantitative estimate of drug-likeness (QED) is 0.168. The standard InChI is InChI=1S/C29H24N3O.C11H8N.Ir/c1-18-14-15-21(26-25(18)20-12-8-9-13-23(20)33-26)28-31-27-22(16-17-24(30-27)29(2,3)4)32(28)19-10-6-5-7-11-19;1-2-6-10(7-3-1)11-8-4-5-9-12-11;/h5-14,16-17H,1-4H3;1-6,8-9H;/q2*-1;. The molecule has 46 heavy (non-hydrogen) atoms. The van der Waals surface area contributed by atoms with E-state index in [1.165, 1.54) is 0 Å². The van der Waals surface area contributed by atoms with Crippen LogP contribution in [0.4, 0.5) is 0 Å². The smallest absolute Gasteiger partial charge is 0.168 e. The maximum Gasteiger partial charge on any atom is 0.168 e. The number of rotatable bonds is 3. The summed E-state index contributed by atoms with van der Waals surface area (Å²) in [5.74, 6) is 0.777. The van der Waals surface area contributed by atoms with Crippen molar-refractivity contribution in [3.05, 3.63) is 145 Å². The Kier molecular flexibility index (Phi) is 8.68. The van der Waals surface area contributed by atoms with Crippen molar-refractivity contribution in [1.29, 1.82) is 0 Å². The number of benzene rings is 4. The molecule has 0 saturated heterocycles. The molecule has 5 nitrogen and oxygen atoms in total. The van der Waals surface area contributed by atoms with Crippen LogP contribution in [0, 0.1) is 19.1 Å². The molecule has 229 valence electrons. The van der Waals surface area contributed by atoms with Crippen molar-refractivity contribution < 1.29 is 24.5 Å². The molecule has 8 aromatic rings. The van der Waals surface area contributed by atoms with Gasteiger partial charge in [0.25, 0.3) is 0 Å². The van der Waals surface area contributed by atoms with Gasteiger partial charge in [-0.25, -0.2) is 4.98 Å². The second-order valence-electron chi connectivity index (χ2n) is 12.0. The molecule has 0 saturated carbocycles. The number of furan rings is 1. The Morgan fingerprint density at radius 2 is 1.52 bits per heavy atom. The van der Waals surface area contributed by atoms with Crippen LogP contribution in [0.5, 0.6) is 0 Å². The van der Waals surface area contributed by atoms with E-state index in [4.69, 9.17) is 14.4 Å². The van der Waals surface area contributed by atoms with E-state index in [-0.39, 0.29) is 25.5 Å². The Hall–Kier alpha value is -4.90. The molecule has 6 heteroatoms. The van der Waals surface area contributed by atoms with E-state index in [1.807, 2.05) is 84.9 Å². The van der Waals surface area contributed by atoms with Gasteiger partial charge in [0.1, 0.15) is 5.58 Å². The van der Waals surface area contributed by atoms with E-state index in [2.05, 4.69) is 79.7 Å². The van der Waals surface area contributed by atoms with Gasteiger partial charge in [0.15, 0.2) is 5.65 Å². The summed E-state index contributed by atoms with van der Waals surface area (Å²) in [7, 11) is 0. The molecular weight excluding hydrogens is 745 g/mol. The third-order valence-electron chi connectivity index (χ3n) is 7.83. The van der Waals surface area contributed by atoms with Gasteiger partial charge in [-0.15, -0.1) is 53.6 Å². The number of imidazole rings is 1. The zero-order chi connectivity index (χ0) is 31.0. The van der Waals surface area contributed by atoms with Crippen LogP contribution in [0.1, 0.15) is 32.0 Å². The Balaban J connectivity index is 0.000000241. The fourth-order valence-electron chi connectivity index (χ4n) is 5.56. The predicted octanol–water partition coefficient (Wildman–Crippen LogP) is 9.94. The molecule has 4 heterocycles. The average Bonchev–Trinajstić information content (AvgIpc) is 3.65. The normalized spacial score (nSPS) is 11.3. The van der Waals surface area contributed by atoms with Gasteiger partial charge in [-0.2, -0.15) is 0 Å². The van der Waals surface area contributed by atoms with Crippen LogP contribution in [-0.4, -0.2) is 19.5 Å². The van der Waals surface area contributed by atoms with Crippen LogP contribution in [0.2, 0.25) is 0 Å². The van der Waals surface area contributed by atoms with Gasteiger partial charge in [-0.1, -0.05) is 87.2 Å². The molecule has 0 aliphatic heterocycles. The van der Waals surface area contributed by atoms with Crippen molar-refractivity contribution in [1.82, 2.24) is 19.5 Å². The minimum atomic E-state index is -0.0626. The molecule has 8 rings (SSSR count). The summed E-state index contributed by atoms with van der Waals surface area (Å²) in [6, 6.07) is 45.0. The van der Waals surface area contributed by atoms with Gasteiger partial charge < -0.3 is 14.0 Å². The first-order valence-corrected chi connectivity index (χ1v) is 15.0. The molecule has 0 spiro atoms. The fraction of sp³-hybridized carbons (Fsp3) is 0.125. The van der Waals surface area contributed by atoms with Crippen LogP contribution < -0.4 is 0 Å². The second kappa shape index (κ2) is 12.8. The van der Waals surface area contributed by atoms with Crippen LogP contribution >= 0.6 is 0 Å². The van der Waals surface area contributed by atoms with Gasteiger partial charge in [-0.05, 0) is 42.1 Å². The molecular formula is C40H32IrN4O-2. The van der Waals surface area contributed by atoms with Gasteiger partial charge in [0.2, 0.25) is 0 Å². The van der Waals surface area contributed by atoms with E-state index in [0.29, 0.717) is 0 Å². The Morgan fingerprint density at radius 1 is 0.761 bits per heavy atom. The Morgan fingerprint density at radius 3 is 2.26 bits per heavy atom. The maximum atomic E-state index is 6.38. The molecule has 0 fully saturated rings. The largest absolute Gasteiger partial charge is 0.501 e. The molecule has 1 radical (unpaired) electrons. The third kappa shape index (κ3) is 5.90. The summed E-state index contributed by atoms with van der Waals surface area (Å²) in [6.07, 6.45) is 1.79. The zero-order valence-electron chi connectivity index (χ0n) is 26.1. The van der Waals surface area contributed by atoms with E-state index in [1.54, 1.807) is 6.20 Å². The average molecular weight is 777 g/mol. The summed E-state index contributed by atoms with van der Waals surface area (Å²) in [5, 5.41) is 2.21. The first-order chi connectivity index (χ1) is 21.9. The van der Waals surface area contributed by atoms with E-state index in [0.717, 1.165) is 72.7 Å². The maximum absolute atomic E-state index is 6.38. The van der Waals surface area contributed by atoms with Crippen molar-refractivity contribution in [3.63, 3.8) is 0 Å². The van der Waals surface area contributed by atoms with Gasteiger partial charge in [0.05, 0.1) is 16.9 Å². The number of para-hydroxylation sites is 2. The summed E-state index contributed by atoms with van der Waals surface area (Å²) < 4.78 is 8.53. The number of aromatic nitrogens is 4. The monoisotopic (exact) mass is 777 g/mol. The number of hydrogen-bond donors (Lipinski definition) is 0. The summed E-state index contributed by atoms with van der Waals surface area (Å²) in [5.41, 5.74) is 9.32. The molecule has 4 aromatic heterocycles. The number of fused-ring (bicyclic) bond motifs is 4. The second-order valence-corrected chi connectivity index (χ2v) is 12.0. The van der Waals surface area contributed by atoms with E-state index in [9.17, 15) is 0 Å². The summed E-state index contributed by atoms with van der Waals surface area (Å²) in [4.78, 5) is 14.2. The molecule has 0 aliphatic rings. The number of pyridine rings is 2. The SMILES string of the molecule is Cc1c[c-]c(-c2nc3nc(C(C)(C)C)ccc3n2-c2ccccc2)c2oc3ccccc3c12.[Ir].[c-]1ccccc1-c1ccccn1. The van der Waals surface area contributed by atoms with Crippen molar-refractivity contribution in [2.24, 2.45) is 0 Å². The molecule has 0 aliphatic carbocycles. The van der Waals surface area contributed by atoms with E-state index < -0.39 is 0 Å². The molecule has 0 atom stereocenters. The van der Waals surface area contributed by atoms with Crippen LogP contribution in [-0.2, 0) is 25.5 Å². The zero-order valence-corrected chi connectivity index (χ0v) is 28.5. The van der Waals surface area contributed by atoms with Crippen molar-refractivity contribution >= 4 is 33.1 Å². The first kappa shape index (κ1) is 31.1. The number of hydrogen-bond acceptors (Lipinski definition) is 4. The van der Waals surface area contributed by atoms with Crippen molar-refractivity contribution in [2.45, 2.75) is 33.1 Å². The Bertz CT molecular complexity index is 2210. The van der Waals surface area contributed by atoms with E-state index >= 15 is 0 Å². The molecule has 0 bridgehead atoms. The summed E-state index contributed by atoms with van der Waals surface area (Å²) in [6.45, 7) is 8.60. The number of aryl methyl sites for hydroxylation is 1. The van der Waals surface area contributed by atoms with Crippen LogP contribution in [0.15, 0.2) is 126 Å².